The summed E-state index contributed by atoms with van der Waals surface area (Å²) in [5, 5.41) is 0. The van der Waals surface area contributed by atoms with Crippen LogP contribution in [0.1, 0.15) is 37.4 Å². The van der Waals surface area contributed by atoms with Gasteiger partial charge in [0.1, 0.15) is 0 Å². The first-order chi connectivity index (χ1) is 7.76. The fourth-order valence-corrected chi connectivity index (χ4v) is 2.28. The first-order valence-corrected chi connectivity index (χ1v) is 6.57. The largest absolute Gasteiger partial charge is 0.368 e. The lowest BCUT2D eigenvalue weighted by atomic mass is 10.2. The Labute approximate surface area is 103 Å². The molecule has 0 bridgehead atoms. The van der Waals surface area contributed by atoms with Crippen LogP contribution in [0, 0.1) is 6.92 Å². The first kappa shape index (κ1) is 11.7. The molecule has 0 aliphatic heterocycles. The fourth-order valence-electron chi connectivity index (χ4n) is 2.07. The number of hydrogen-bond acceptors (Lipinski definition) is 2. The number of nitrogens with zero attached hydrogens (tertiary/aromatic N) is 2. The number of rotatable bonds is 5. The van der Waals surface area contributed by atoms with Gasteiger partial charge in [-0.25, -0.2) is 0 Å². The number of pyridine rings is 1. The maximum atomic E-state index is 5.99. The van der Waals surface area contributed by atoms with Gasteiger partial charge >= 0.3 is 0 Å². The Bertz CT molecular complexity index is 361. The van der Waals surface area contributed by atoms with E-state index in [1.54, 1.807) is 0 Å². The molecule has 1 aliphatic carbocycles. The summed E-state index contributed by atoms with van der Waals surface area (Å²) >= 11 is 5.99. The highest BCUT2D eigenvalue weighted by atomic mass is 35.5. The van der Waals surface area contributed by atoms with Gasteiger partial charge < -0.3 is 4.90 Å². The van der Waals surface area contributed by atoms with Crippen LogP contribution in [0.4, 0.5) is 5.69 Å². The average Bonchev–Trinajstić information content (AvgIpc) is 3.10. The third-order valence-electron chi connectivity index (χ3n) is 3.00. The van der Waals surface area contributed by atoms with Crippen molar-refractivity contribution in [3.63, 3.8) is 0 Å². The zero-order chi connectivity index (χ0) is 11.5. The molecule has 88 valence electrons. The average molecular weight is 239 g/mol. The van der Waals surface area contributed by atoms with Crippen LogP contribution in [0.3, 0.4) is 0 Å². The molecule has 0 radical (unpaired) electrons. The van der Waals surface area contributed by atoms with Crippen molar-refractivity contribution in [1.82, 2.24) is 4.98 Å². The third-order valence-corrected chi connectivity index (χ3v) is 3.29. The van der Waals surface area contributed by atoms with Gasteiger partial charge in [-0.3, -0.25) is 4.98 Å². The van der Waals surface area contributed by atoms with E-state index < -0.39 is 0 Å². The van der Waals surface area contributed by atoms with Gasteiger partial charge in [-0.15, -0.1) is 11.6 Å². The SMILES string of the molecule is CCCN(c1cc(C)ncc1CCl)C1CC1. The smallest absolute Gasteiger partial charge is 0.0509 e. The molecule has 0 unspecified atom stereocenters. The molecule has 0 N–H and O–H groups in total. The lowest BCUT2D eigenvalue weighted by molar-refractivity contribution is 0.758. The van der Waals surface area contributed by atoms with Gasteiger partial charge in [-0.2, -0.15) is 0 Å². The van der Waals surface area contributed by atoms with Gasteiger partial charge in [-0.1, -0.05) is 6.92 Å². The van der Waals surface area contributed by atoms with Crippen LogP contribution in [0.2, 0.25) is 0 Å². The van der Waals surface area contributed by atoms with Gasteiger partial charge in [0.2, 0.25) is 0 Å². The predicted octanol–water partition coefficient (Wildman–Crippen LogP) is 3.51. The van der Waals surface area contributed by atoms with Crippen molar-refractivity contribution in [1.29, 1.82) is 0 Å². The van der Waals surface area contributed by atoms with Crippen molar-refractivity contribution in [2.24, 2.45) is 0 Å². The zero-order valence-electron chi connectivity index (χ0n) is 10.0. The molecule has 1 heterocycles. The molecule has 1 aromatic heterocycles. The maximum absolute atomic E-state index is 5.99. The Morgan fingerprint density at radius 2 is 2.25 bits per heavy atom. The maximum Gasteiger partial charge on any atom is 0.0509 e. The second kappa shape index (κ2) is 5.05. The molecule has 0 spiro atoms. The zero-order valence-corrected chi connectivity index (χ0v) is 10.8. The summed E-state index contributed by atoms with van der Waals surface area (Å²) in [4.78, 5) is 6.83. The number of anilines is 1. The summed E-state index contributed by atoms with van der Waals surface area (Å²) in [6.45, 7) is 5.39. The Morgan fingerprint density at radius 1 is 1.50 bits per heavy atom. The molecule has 2 nitrogen and oxygen atoms in total. The van der Waals surface area contributed by atoms with Crippen LogP contribution < -0.4 is 4.90 Å². The lowest BCUT2D eigenvalue weighted by Gasteiger charge is -2.26. The van der Waals surface area contributed by atoms with E-state index in [0.29, 0.717) is 5.88 Å². The molecule has 0 aromatic carbocycles. The summed E-state index contributed by atoms with van der Waals surface area (Å²) in [7, 11) is 0. The molecule has 16 heavy (non-hydrogen) atoms. The van der Waals surface area contributed by atoms with E-state index in [4.69, 9.17) is 11.6 Å². The summed E-state index contributed by atoms with van der Waals surface area (Å²) in [6.07, 6.45) is 5.74. The molecule has 2 rings (SSSR count). The van der Waals surface area contributed by atoms with Gasteiger partial charge in [0, 0.05) is 35.7 Å². The minimum absolute atomic E-state index is 0.551. The topological polar surface area (TPSA) is 16.1 Å². The van der Waals surface area contributed by atoms with E-state index >= 15 is 0 Å². The van der Waals surface area contributed by atoms with E-state index in [-0.39, 0.29) is 0 Å². The van der Waals surface area contributed by atoms with Crippen molar-refractivity contribution >= 4 is 17.3 Å². The standard InChI is InChI=1S/C13H19ClN2/c1-3-6-16(12-4-5-12)13-7-10(2)15-9-11(13)8-14/h7,9,12H,3-6,8H2,1-2H3. The van der Waals surface area contributed by atoms with Crippen LogP contribution in [0.5, 0.6) is 0 Å². The molecule has 1 aromatic rings. The molecule has 0 amide bonds. The third kappa shape index (κ3) is 2.49. The van der Waals surface area contributed by atoms with Crippen LogP contribution >= 0.6 is 11.6 Å². The summed E-state index contributed by atoms with van der Waals surface area (Å²) < 4.78 is 0. The number of aromatic nitrogens is 1. The quantitative estimate of drug-likeness (QED) is 0.730. The lowest BCUT2D eigenvalue weighted by Crippen LogP contribution is -2.27. The van der Waals surface area contributed by atoms with Crippen LogP contribution in [0.25, 0.3) is 0 Å². The monoisotopic (exact) mass is 238 g/mol. The van der Waals surface area contributed by atoms with Gasteiger partial charge in [-0.05, 0) is 32.3 Å². The first-order valence-electron chi connectivity index (χ1n) is 6.04. The number of aryl methyl sites for hydroxylation is 1. The number of alkyl halides is 1. The molecule has 1 fully saturated rings. The normalized spacial score (nSPS) is 15.2. The molecule has 0 atom stereocenters. The van der Waals surface area contributed by atoms with E-state index in [0.717, 1.165) is 23.8 Å². The second-order valence-corrected chi connectivity index (χ2v) is 4.78. The van der Waals surface area contributed by atoms with Crippen molar-refractivity contribution in [3.05, 3.63) is 23.5 Å². The summed E-state index contributed by atoms with van der Waals surface area (Å²) in [5.41, 5.74) is 3.53. The predicted molar refractivity (Wildman–Crippen MR) is 69.2 cm³/mol. The molecule has 3 heteroatoms. The molecule has 0 saturated heterocycles. The van der Waals surface area contributed by atoms with Crippen molar-refractivity contribution in [2.45, 2.75) is 45.0 Å². The highest BCUT2D eigenvalue weighted by Gasteiger charge is 2.29. The van der Waals surface area contributed by atoms with Crippen molar-refractivity contribution in [3.8, 4) is 0 Å². The van der Waals surface area contributed by atoms with Gasteiger partial charge in [0.25, 0.3) is 0 Å². The summed E-state index contributed by atoms with van der Waals surface area (Å²) in [6, 6.07) is 2.91. The fraction of sp³-hybridized carbons (Fsp3) is 0.615. The highest BCUT2D eigenvalue weighted by Crippen LogP contribution is 2.34. The number of halogens is 1. The molecule has 1 aliphatic rings. The van der Waals surface area contributed by atoms with Crippen LogP contribution in [-0.4, -0.2) is 17.6 Å². The van der Waals surface area contributed by atoms with Crippen molar-refractivity contribution < 1.29 is 0 Å². The minimum atomic E-state index is 0.551. The van der Waals surface area contributed by atoms with E-state index in [9.17, 15) is 0 Å². The van der Waals surface area contributed by atoms with Crippen LogP contribution in [0.15, 0.2) is 12.3 Å². The Hall–Kier alpha value is -0.760. The minimum Gasteiger partial charge on any atom is -0.368 e. The highest BCUT2D eigenvalue weighted by molar-refractivity contribution is 6.17. The van der Waals surface area contributed by atoms with Crippen LogP contribution in [-0.2, 0) is 5.88 Å². The molecular formula is C13H19ClN2. The second-order valence-electron chi connectivity index (χ2n) is 4.51. The van der Waals surface area contributed by atoms with E-state index in [2.05, 4.69) is 22.9 Å². The Balaban J connectivity index is 2.30. The van der Waals surface area contributed by atoms with Gasteiger partial charge in [0.05, 0.1) is 5.88 Å². The van der Waals surface area contributed by atoms with E-state index in [1.165, 1.54) is 24.9 Å². The van der Waals surface area contributed by atoms with Crippen molar-refractivity contribution in [2.75, 3.05) is 11.4 Å². The van der Waals surface area contributed by atoms with E-state index in [1.807, 2.05) is 13.1 Å². The molecule has 1 saturated carbocycles. The number of hydrogen-bond donors (Lipinski definition) is 0. The van der Waals surface area contributed by atoms with Gasteiger partial charge in [0.15, 0.2) is 0 Å². The summed E-state index contributed by atoms with van der Waals surface area (Å²) in [5.74, 6) is 0.551. The Kier molecular flexibility index (Phi) is 3.70. The molecular weight excluding hydrogens is 220 g/mol. The Morgan fingerprint density at radius 3 is 2.81 bits per heavy atom.